The third-order valence-corrected chi connectivity index (χ3v) is 5.62. The zero-order chi connectivity index (χ0) is 13.0. The van der Waals surface area contributed by atoms with E-state index in [1.807, 2.05) is 11.8 Å². The van der Waals surface area contributed by atoms with Crippen molar-refractivity contribution in [2.75, 3.05) is 25.5 Å². The molecule has 0 bridgehead atoms. The first-order valence-corrected chi connectivity index (χ1v) is 8.88. The van der Waals surface area contributed by atoms with Gasteiger partial charge < -0.3 is 10.1 Å². The van der Waals surface area contributed by atoms with Gasteiger partial charge in [0.1, 0.15) is 0 Å². The molecule has 0 atom stereocenters. The molecule has 1 spiro atoms. The highest BCUT2D eigenvalue weighted by Crippen LogP contribution is 2.36. The van der Waals surface area contributed by atoms with Crippen LogP contribution in [0.2, 0.25) is 0 Å². The summed E-state index contributed by atoms with van der Waals surface area (Å²) in [5.41, 5.74) is 0.393. The van der Waals surface area contributed by atoms with E-state index in [4.69, 9.17) is 9.73 Å². The number of ether oxygens (including phenoxy) is 1. The van der Waals surface area contributed by atoms with E-state index in [1.165, 1.54) is 55.9 Å². The molecular formula is C15H26N2OS. The van der Waals surface area contributed by atoms with Crippen LogP contribution in [0.3, 0.4) is 0 Å². The van der Waals surface area contributed by atoms with E-state index < -0.39 is 0 Å². The number of hydrogen-bond donors (Lipinski definition) is 1. The summed E-state index contributed by atoms with van der Waals surface area (Å²) < 4.78 is 5.64. The van der Waals surface area contributed by atoms with Crippen molar-refractivity contribution < 1.29 is 4.74 Å². The largest absolute Gasteiger partial charge is 0.381 e. The van der Waals surface area contributed by atoms with Gasteiger partial charge in [-0.1, -0.05) is 31.0 Å². The Morgan fingerprint density at radius 1 is 1.26 bits per heavy atom. The smallest absolute Gasteiger partial charge is 0.157 e. The van der Waals surface area contributed by atoms with Gasteiger partial charge in [-0.2, -0.15) is 0 Å². The van der Waals surface area contributed by atoms with Crippen molar-refractivity contribution in [3.05, 3.63) is 0 Å². The van der Waals surface area contributed by atoms with Crippen molar-refractivity contribution in [2.45, 2.75) is 56.9 Å². The summed E-state index contributed by atoms with van der Waals surface area (Å²) in [6, 6.07) is 0. The molecule has 1 saturated heterocycles. The minimum Gasteiger partial charge on any atom is -0.381 e. The van der Waals surface area contributed by atoms with Gasteiger partial charge in [-0.3, -0.25) is 4.99 Å². The Balaban J connectivity index is 1.32. The van der Waals surface area contributed by atoms with Crippen LogP contribution in [-0.2, 0) is 4.74 Å². The van der Waals surface area contributed by atoms with Crippen molar-refractivity contribution in [3.63, 3.8) is 0 Å². The lowest BCUT2D eigenvalue weighted by atomic mass is 9.83. The summed E-state index contributed by atoms with van der Waals surface area (Å²) in [6.07, 6.45) is 10.7. The SMILES string of the molecule is C1CCC2(CC1)CSC(=NCCCOCC1CC1)N2. The van der Waals surface area contributed by atoms with Gasteiger partial charge in [-0.05, 0) is 38.0 Å². The van der Waals surface area contributed by atoms with Crippen LogP contribution in [0, 0.1) is 5.92 Å². The number of nitrogens with one attached hydrogen (secondary N) is 1. The third-order valence-electron chi connectivity index (χ3n) is 4.42. The molecule has 108 valence electrons. The molecular weight excluding hydrogens is 256 g/mol. The number of hydrogen-bond acceptors (Lipinski definition) is 3. The van der Waals surface area contributed by atoms with Gasteiger partial charge in [-0.15, -0.1) is 0 Å². The molecule has 0 unspecified atom stereocenters. The van der Waals surface area contributed by atoms with Gasteiger partial charge in [0.15, 0.2) is 5.17 Å². The molecule has 1 N–H and O–H groups in total. The Kier molecular flexibility index (Phi) is 4.69. The van der Waals surface area contributed by atoms with E-state index in [0.717, 1.165) is 32.1 Å². The zero-order valence-electron chi connectivity index (χ0n) is 11.8. The van der Waals surface area contributed by atoms with Crippen LogP contribution < -0.4 is 5.32 Å². The van der Waals surface area contributed by atoms with Gasteiger partial charge in [-0.25, -0.2) is 0 Å². The van der Waals surface area contributed by atoms with Crippen LogP contribution in [0.5, 0.6) is 0 Å². The molecule has 1 aliphatic heterocycles. The summed E-state index contributed by atoms with van der Waals surface area (Å²) in [7, 11) is 0. The maximum Gasteiger partial charge on any atom is 0.157 e. The normalized spacial score (nSPS) is 27.9. The van der Waals surface area contributed by atoms with Gasteiger partial charge in [0.2, 0.25) is 0 Å². The number of aliphatic imine (C=N–C) groups is 1. The molecule has 0 aromatic rings. The summed E-state index contributed by atoms with van der Waals surface area (Å²) >= 11 is 1.92. The molecule has 2 saturated carbocycles. The summed E-state index contributed by atoms with van der Waals surface area (Å²) in [4.78, 5) is 4.69. The first-order valence-electron chi connectivity index (χ1n) is 7.90. The summed E-state index contributed by atoms with van der Waals surface area (Å²) in [5, 5.41) is 4.88. The molecule has 4 heteroatoms. The Labute approximate surface area is 121 Å². The Bertz CT molecular complexity index is 322. The third kappa shape index (κ3) is 4.12. The van der Waals surface area contributed by atoms with Crippen LogP contribution in [-0.4, -0.2) is 36.2 Å². The predicted molar refractivity (Wildman–Crippen MR) is 81.9 cm³/mol. The van der Waals surface area contributed by atoms with Gasteiger partial charge >= 0.3 is 0 Å². The van der Waals surface area contributed by atoms with Crippen molar-refractivity contribution in [1.82, 2.24) is 5.32 Å². The van der Waals surface area contributed by atoms with Gasteiger partial charge in [0.25, 0.3) is 0 Å². The Morgan fingerprint density at radius 3 is 2.89 bits per heavy atom. The average Bonchev–Trinajstić information content (AvgIpc) is 3.18. The predicted octanol–water partition coefficient (Wildman–Crippen LogP) is 3.20. The molecule has 3 fully saturated rings. The van der Waals surface area contributed by atoms with E-state index in [1.54, 1.807) is 0 Å². The number of nitrogens with zero attached hydrogens (tertiary/aromatic N) is 1. The monoisotopic (exact) mass is 282 g/mol. The van der Waals surface area contributed by atoms with Gasteiger partial charge in [0, 0.05) is 31.1 Å². The fourth-order valence-corrected chi connectivity index (χ4v) is 4.22. The van der Waals surface area contributed by atoms with E-state index >= 15 is 0 Å². The number of thioether (sulfide) groups is 1. The molecule has 3 nitrogen and oxygen atoms in total. The second-order valence-electron chi connectivity index (χ2n) is 6.31. The van der Waals surface area contributed by atoms with E-state index in [-0.39, 0.29) is 0 Å². The van der Waals surface area contributed by atoms with Crippen LogP contribution in [0.1, 0.15) is 51.4 Å². The van der Waals surface area contributed by atoms with E-state index in [0.29, 0.717) is 5.54 Å². The quantitative estimate of drug-likeness (QED) is 0.760. The molecule has 2 aliphatic carbocycles. The minimum atomic E-state index is 0.393. The highest BCUT2D eigenvalue weighted by Gasteiger charge is 2.37. The second-order valence-corrected chi connectivity index (χ2v) is 7.28. The second kappa shape index (κ2) is 6.49. The highest BCUT2D eigenvalue weighted by molar-refractivity contribution is 8.14. The number of amidine groups is 1. The molecule has 0 aromatic heterocycles. The minimum absolute atomic E-state index is 0.393. The van der Waals surface area contributed by atoms with E-state index in [9.17, 15) is 0 Å². The zero-order valence-corrected chi connectivity index (χ0v) is 12.6. The first-order chi connectivity index (χ1) is 9.36. The molecule has 19 heavy (non-hydrogen) atoms. The summed E-state index contributed by atoms with van der Waals surface area (Å²) in [6.45, 7) is 2.77. The first kappa shape index (κ1) is 13.7. The summed E-state index contributed by atoms with van der Waals surface area (Å²) in [5.74, 6) is 2.11. The highest BCUT2D eigenvalue weighted by atomic mass is 32.2. The fraction of sp³-hybridized carbons (Fsp3) is 0.933. The molecule has 0 amide bonds. The molecule has 3 rings (SSSR count). The lowest BCUT2D eigenvalue weighted by molar-refractivity contribution is 0.123. The van der Waals surface area contributed by atoms with Crippen molar-refractivity contribution in [3.8, 4) is 0 Å². The van der Waals surface area contributed by atoms with Crippen LogP contribution in [0.25, 0.3) is 0 Å². The van der Waals surface area contributed by atoms with Gasteiger partial charge in [0.05, 0.1) is 0 Å². The van der Waals surface area contributed by atoms with Crippen molar-refractivity contribution in [1.29, 1.82) is 0 Å². The lowest BCUT2D eigenvalue weighted by Gasteiger charge is -2.32. The Morgan fingerprint density at radius 2 is 2.11 bits per heavy atom. The maximum absolute atomic E-state index is 5.64. The molecule has 1 heterocycles. The van der Waals surface area contributed by atoms with Crippen molar-refractivity contribution in [2.24, 2.45) is 10.9 Å². The Hall–Kier alpha value is -0.220. The number of rotatable bonds is 6. The lowest BCUT2D eigenvalue weighted by Crippen LogP contribution is -2.45. The average molecular weight is 282 g/mol. The van der Waals surface area contributed by atoms with E-state index in [2.05, 4.69) is 5.32 Å². The van der Waals surface area contributed by atoms with Crippen LogP contribution >= 0.6 is 11.8 Å². The van der Waals surface area contributed by atoms with Crippen LogP contribution in [0.15, 0.2) is 4.99 Å². The standard InChI is InChI=1S/C15H26N2OS/c1-2-7-15(8-3-1)12-19-14(17-15)16-9-4-10-18-11-13-5-6-13/h13H,1-12H2,(H,16,17). The molecule has 3 aliphatic rings. The topological polar surface area (TPSA) is 33.6 Å². The maximum atomic E-state index is 5.64. The van der Waals surface area contributed by atoms with Crippen molar-refractivity contribution >= 4 is 16.9 Å². The fourth-order valence-electron chi connectivity index (χ4n) is 2.97. The molecule has 0 aromatic carbocycles. The molecule has 0 radical (unpaired) electrons. The van der Waals surface area contributed by atoms with Crippen LogP contribution in [0.4, 0.5) is 0 Å².